The molecule has 5 nitrogen and oxygen atoms in total. The molecule has 0 radical (unpaired) electrons. The van der Waals surface area contributed by atoms with Gasteiger partial charge in [0.25, 0.3) is 0 Å². The average molecular weight is 377 g/mol. The number of amides is 1. The summed E-state index contributed by atoms with van der Waals surface area (Å²) >= 11 is 0. The number of carbonyl (C=O) groups excluding carboxylic acids is 1. The molecule has 146 valence electrons. The topological polar surface area (TPSA) is 58.4 Å². The second-order valence-electron chi connectivity index (χ2n) is 6.89. The Labute approximate surface area is 166 Å². The zero-order chi connectivity index (χ0) is 19.9. The SMILES string of the molecule is CCCN(Cc1nc(-c2ccccc2)oc1C)C(C)C(=O)Nc1ccccc1. The molecule has 0 saturated heterocycles. The van der Waals surface area contributed by atoms with Crippen LogP contribution in [0.25, 0.3) is 11.5 Å². The number of hydrogen-bond donors (Lipinski definition) is 1. The maximum absolute atomic E-state index is 12.7. The Balaban J connectivity index is 1.74. The molecule has 3 aromatic rings. The number of para-hydroxylation sites is 1. The number of benzene rings is 2. The van der Waals surface area contributed by atoms with Crippen molar-refractivity contribution in [2.75, 3.05) is 11.9 Å². The van der Waals surface area contributed by atoms with E-state index in [2.05, 4.69) is 22.1 Å². The summed E-state index contributed by atoms with van der Waals surface area (Å²) in [5.41, 5.74) is 2.63. The highest BCUT2D eigenvalue weighted by Crippen LogP contribution is 2.23. The number of anilines is 1. The van der Waals surface area contributed by atoms with Gasteiger partial charge in [0.2, 0.25) is 11.8 Å². The Kier molecular flexibility index (Phi) is 6.61. The molecule has 0 aliphatic heterocycles. The lowest BCUT2D eigenvalue weighted by molar-refractivity contribution is -0.121. The Morgan fingerprint density at radius 3 is 2.39 bits per heavy atom. The average Bonchev–Trinajstić information content (AvgIpc) is 3.09. The molecular formula is C23H27N3O2. The van der Waals surface area contributed by atoms with Crippen molar-refractivity contribution in [3.63, 3.8) is 0 Å². The van der Waals surface area contributed by atoms with E-state index in [1.807, 2.05) is 74.5 Å². The van der Waals surface area contributed by atoms with E-state index in [4.69, 9.17) is 4.42 Å². The van der Waals surface area contributed by atoms with E-state index < -0.39 is 0 Å². The van der Waals surface area contributed by atoms with E-state index in [-0.39, 0.29) is 11.9 Å². The van der Waals surface area contributed by atoms with Crippen LogP contribution in [-0.2, 0) is 11.3 Å². The molecule has 1 aromatic heterocycles. The van der Waals surface area contributed by atoms with Crippen LogP contribution in [0.4, 0.5) is 5.69 Å². The summed E-state index contributed by atoms with van der Waals surface area (Å²) in [6.45, 7) is 7.34. The zero-order valence-electron chi connectivity index (χ0n) is 16.7. The van der Waals surface area contributed by atoms with Crippen LogP contribution in [0.2, 0.25) is 0 Å². The summed E-state index contributed by atoms with van der Waals surface area (Å²) < 4.78 is 5.88. The molecule has 0 bridgehead atoms. The van der Waals surface area contributed by atoms with E-state index in [1.165, 1.54) is 0 Å². The molecule has 0 aliphatic carbocycles. The number of hydrogen-bond acceptors (Lipinski definition) is 4. The van der Waals surface area contributed by atoms with Gasteiger partial charge in [-0.05, 0) is 51.1 Å². The lowest BCUT2D eigenvalue weighted by Crippen LogP contribution is -2.42. The molecule has 2 aromatic carbocycles. The fraction of sp³-hybridized carbons (Fsp3) is 0.304. The molecule has 0 spiro atoms. The van der Waals surface area contributed by atoms with Crippen molar-refractivity contribution in [3.8, 4) is 11.5 Å². The fourth-order valence-electron chi connectivity index (χ4n) is 3.10. The van der Waals surface area contributed by atoms with Gasteiger partial charge in [-0.25, -0.2) is 4.98 Å². The van der Waals surface area contributed by atoms with Crippen LogP contribution in [0.3, 0.4) is 0 Å². The maximum atomic E-state index is 12.7. The van der Waals surface area contributed by atoms with E-state index >= 15 is 0 Å². The van der Waals surface area contributed by atoms with Crippen molar-refractivity contribution in [1.29, 1.82) is 0 Å². The maximum Gasteiger partial charge on any atom is 0.241 e. The van der Waals surface area contributed by atoms with Crippen molar-refractivity contribution in [3.05, 3.63) is 72.1 Å². The van der Waals surface area contributed by atoms with Gasteiger partial charge < -0.3 is 9.73 Å². The molecular weight excluding hydrogens is 350 g/mol. The number of oxazole rings is 1. The predicted molar refractivity (Wildman–Crippen MR) is 112 cm³/mol. The number of carbonyl (C=O) groups is 1. The van der Waals surface area contributed by atoms with Gasteiger partial charge in [0, 0.05) is 17.8 Å². The molecule has 3 rings (SSSR count). The fourth-order valence-corrected chi connectivity index (χ4v) is 3.10. The Morgan fingerprint density at radius 1 is 1.11 bits per heavy atom. The molecule has 1 atom stereocenters. The zero-order valence-corrected chi connectivity index (χ0v) is 16.7. The third-order valence-electron chi connectivity index (χ3n) is 4.75. The quantitative estimate of drug-likeness (QED) is 0.607. The van der Waals surface area contributed by atoms with Crippen molar-refractivity contribution >= 4 is 11.6 Å². The summed E-state index contributed by atoms with van der Waals surface area (Å²) in [7, 11) is 0. The first kappa shape index (κ1) is 19.8. The molecule has 1 N–H and O–H groups in total. The summed E-state index contributed by atoms with van der Waals surface area (Å²) in [5, 5.41) is 2.99. The minimum atomic E-state index is -0.281. The van der Waals surface area contributed by atoms with Gasteiger partial charge in [-0.2, -0.15) is 0 Å². The van der Waals surface area contributed by atoms with Gasteiger partial charge >= 0.3 is 0 Å². The van der Waals surface area contributed by atoms with Crippen molar-refractivity contribution < 1.29 is 9.21 Å². The van der Waals surface area contributed by atoms with Crippen LogP contribution < -0.4 is 5.32 Å². The van der Waals surface area contributed by atoms with Crippen LogP contribution in [0.5, 0.6) is 0 Å². The lowest BCUT2D eigenvalue weighted by atomic mass is 10.2. The van der Waals surface area contributed by atoms with Crippen molar-refractivity contribution in [1.82, 2.24) is 9.88 Å². The first-order valence-electron chi connectivity index (χ1n) is 9.70. The third-order valence-corrected chi connectivity index (χ3v) is 4.75. The van der Waals surface area contributed by atoms with Gasteiger partial charge in [-0.3, -0.25) is 9.69 Å². The van der Waals surface area contributed by atoms with Gasteiger partial charge in [-0.15, -0.1) is 0 Å². The molecule has 1 amide bonds. The summed E-state index contributed by atoms with van der Waals surface area (Å²) in [4.78, 5) is 19.6. The Morgan fingerprint density at radius 2 is 1.75 bits per heavy atom. The molecule has 0 aliphatic rings. The van der Waals surface area contributed by atoms with Crippen molar-refractivity contribution in [2.24, 2.45) is 0 Å². The number of nitrogens with one attached hydrogen (secondary N) is 1. The van der Waals surface area contributed by atoms with Crippen LogP contribution in [0.15, 0.2) is 65.1 Å². The molecule has 1 heterocycles. The van der Waals surface area contributed by atoms with Crippen LogP contribution in [0, 0.1) is 6.92 Å². The molecule has 0 saturated carbocycles. The molecule has 28 heavy (non-hydrogen) atoms. The van der Waals surface area contributed by atoms with E-state index in [0.717, 1.165) is 35.7 Å². The largest absolute Gasteiger partial charge is 0.441 e. The summed E-state index contributed by atoms with van der Waals surface area (Å²) in [5.74, 6) is 1.38. The van der Waals surface area contributed by atoms with E-state index in [0.29, 0.717) is 12.4 Å². The Bertz CT molecular complexity index is 891. The highest BCUT2D eigenvalue weighted by atomic mass is 16.4. The van der Waals surface area contributed by atoms with E-state index in [1.54, 1.807) is 0 Å². The summed E-state index contributed by atoms with van der Waals surface area (Å²) in [6, 6.07) is 19.1. The summed E-state index contributed by atoms with van der Waals surface area (Å²) in [6.07, 6.45) is 0.950. The highest BCUT2D eigenvalue weighted by Gasteiger charge is 2.23. The monoisotopic (exact) mass is 377 g/mol. The smallest absolute Gasteiger partial charge is 0.241 e. The second-order valence-corrected chi connectivity index (χ2v) is 6.89. The van der Waals surface area contributed by atoms with Crippen LogP contribution in [-0.4, -0.2) is 28.4 Å². The second kappa shape index (κ2) is 9.33. The highest BCUT2D eigenvalue weighted by molar-refractivity contribution is 5.94. The number of rotatable bonds is 8. The number of aromatic nitrogens is 1. The predicted octanol–water partition coefficient (Wildman–Crippen LogP) is 4.89. The molecule has 0 fully saturated rings. The number of aryl methyl sites for hydroxylation is 1. The lowest BCUT2D eigenvalue weighted by Gasteiger charge is -2.27. The Hall–Kier alpha value is -2.92. The van der Waals surface area contributed by atoms with Gasteiger partial charge in [0.1, 0.15) is 5.76 Å². The van der Waals surface area contributed by atoms with Gasteiger partial charge in [-0.1, -0.05) is 43.3 Å². The molecule has 1 unspecified atom stereocenters. The standard InChI is InChI=1S/C23H27N3O2/c1-4-15-26(17(2)22(27)24-20-13-9-6-10-14-20)16-21-18(3)28-23(25-21)19-11-7-5-8-12-19/h5-14,17H,4,15-16H2,1-3H3,(H,24,27). The van der Waals surface area contributed by atoms with Crippen LogP contribution >= 0.6 is 0 Å². The number of nitrogens with zero attached hydrogens (tertiary/aromatic N) is 2. The molecule has 5 heteroatoms. The minimum Gasteiger partial charge on any atom is -0.441 e. The van der Waals surface area contributed by atoms with Crippen molar-refractivity contribution in [2.45, 2.75) is 39.8 Å². The minimum absolute atomic E-state index is 0.0240. The first-order chi connectivity index (χ1) is 13.6. The third kappa shape index (κ3) is 4.87. The van der Waals surface area contributed by atoms with E-state index in [9.17, 15) is 4.79 Å². The van der Waals surface area contributed by atoms with Crippen LogP contribution in [0.1, 0.15) is 31.7 Å². The normalized spacial score (nSPS) is 12.1. The van der Waals surface area contributed by atoms with Gasteiger partial charge in [0.15, 0.2) is 0 Å². The van der Waals surface area contributed by atoms with Gasteiger partial charge in [0.05, 0.1) is 11.7 Å². The first-order valence-corrected chi connectivity index (χ1v) is 9.70.